The van der Waals surface area contributed by atoms with Crippen LogP contribution in [0.25, 0.3) is 0 Å². The van der Waals surface area contributed by atoms with Crippen LogP contribution in [0.4, 0.5) is 0 Å². The molecular formula is C15H24N2O2. The van der Waals surface area contributed by atoms with Gasteiger partial charge in [0.05, 0.1) is 0 Å². The van der Waals surface area contributed by atoms with Gasteiger partial charge >= 0.3 is 0 Å². The summed E-state index contributed by atoms with van der Waals surface area (Å²) in [5.41, 5.74) is 6.99. The van der Waals surface area contributed by atoms with E-state index < -0.39 is 6.10 Å². The number of benzene rings is 1. The second kappa shape index (κ2) is 7.79. The van der Waals surface area contributed by atoms with Crippen molar-refractivity contribution in [3.8, 4) is 5.75 Å². The van der Waals surface area contributed by atoms with Crippen LogP contribution in [0.15, 0.2) is 24.3 Å². The van der Waals surface area contributed by atoms with Crippen molar-refractivity contribution in [2.24, 2.45) is 5.73 Å². The molecule has 0 aliphatic carbocycles. The minimum atomic E-state index is -0.517. The summed E-state index contributed by atoms with van der Waals surface area (Å²) >= 11 is 0. The largest absolute Gasteiger partial charge is 0.481 e. The molecule has 0 bridgehead atoms. The van der Waals surface area contributed by atoms with Gasteiger partial charge in [-0.2, -0.15) is 0 Å². The van der Waals surface area contributed by atoms with Gasteiger partial charge in [0.2, 0.25) is 0 Å². The number of carbonyl (C=O) groups excluding carboxylic acids is 1. The highest BCUT2D eigenvalue weighted by molar-refractivity contribution is 5.80. The normalized spacial score (nSPS) is 13.7. The molecule has 0 aromatic heterocycles. The Hall–Kier alpha value is -1.55. The van der Waals surface area contributed by atoms with E-state index in [1.165, 1.54) is 0 Å². The minimum Gasteiger partial charge on any atom is -0.481 e. The highest BCUT2D eigenvalue weighted by Gasteiger charge is 2.17. The van der Waals surface area contributed by atoms with Crippen molar-refractivity contribution in [1.29, 1.82) is 0 Å². The summed E-state index contributed by atoms with van der Waals surface area (Å²) in [6.07, 6.45) is 1.23. The fraction of sp³-hybridized carbons (Fsp3) is 0.533. The fourth-order valence-electron chi connectivity index (χ4n) is 1.75. The van der Waals surface area contributed by atoms with Crippen LogP contribution in [0.5, 0.6) is 5.75 Å². The van der Waals surface area contributed by atoms with Crippen LogP contribution in [0.3, 0.4) is 0 Å². The molecule has 0 saturated heterocycles. The Kier molecular flexibility index (Phi) is 6.36. The molecule has 19 heavy (non-hydrogen) atoms. The lowest BCUT2D eigenvalue weighted by Gasteiger charge is -2.19. The van der Waals surface area contributed by atoms with Gasteiger partial charge in [-0.3, -0.25) is 4.79 Å². The molecule has 4 nitrogen and oxygen atoms in total. The summed E-state index contributed by atoms with van der Waals surface area (Å²) in [7, 11) is 0. The van der Waals surface area contributed by atoms with Gasteiger partial charge in [-0.1, -0.05) is 32.0 Å². The van der Waals surface area contributed by atoms with E-state index in [-0.39, 0.29) is 11.9 Å². The van der Waals surface area contributed by atoms with Crippen LogP contribution in [-0.2, 0) is 4.79 Å². The van der Waals surface area contributed by atoms with E-state index in [2.05, 4.69) is 5.32 Å². The van der Waals surface area contributed by atoms with Gasteiger partial charge in [-0.15, -0.1) is 0 Å². The summed E-state index contributed by atoms with van der Waals surface area (Å²) in [5.74, 6) is 0.595. The molecule has 0 saturated carbocycles. The maximum atomic E-state index is 11.8. The zero-order valence-electron chi connectivity index (χ0n) is 12.0. The number of hydrogen-bond donors (Lipinski definition) is 2. The van der Waals surface area contributed by atoms with E-state index >= 15 is 0 Å². The summed E-state index contributed by atoms with van der Waals surface area (Å²) in [5, 5.41) is 2.82. The lowest BCUT2D eigenvalue weighted by atomic mass is 10.0. The van der Waals surface area contributed by atoms with Crippen LogP contribution in [-0.4, -0.2) is 18.6 Å². The van der Waals surface area contributed by atoms with Crippen molar-refractivity contribution in [3.05, 3.63) is 29.8 Å². The third kappa shape index (κ3) is 4.56. The summed E-state index contributed by atoms with van der Waals surface area (Å²) in [6, 6.07) is 7.55. The first-order valence-corrected chi connectivity index (χ1v) is 6.89. The molecule has 0 radical (unpaired) electrons. The molecule has 106 valence electrons. The third-order valence-corrected chi connectivity index (χ3v) is 2.98. The number of rotatable bonds is 7. The molecule has 4 heteroatoms. The van der Waals surface area contributed by atoms with Crippen LogP contribution >= 0.6 is 0 Å². The maximum Gasteiger partial charge on any atom is 0.260 e. The van der Waals surface area contributed by atoms with Gasteiger partial charge < -0.3 is 15.8 Å². The van der Waals surface area contributed by atoms with Crippen molar-refractivity contribution in [2.75, 3.05) is 6.54 Å². The number of carbonyl (C=O) groups is 1. The van der Waals surface area contributed by atoms with Crippen molar-refractivity contribution in [2.45, 2.75) is 45.8 Å². The Bertz CT molecular complexity index is 407. The van der Waals surface area contributed by atoms with E-state index in [0.717, 1.165) is 18.4 Å². The predicted molar refractivity (Wildman–Crippen MR) is 77.1 cm³/mol. The highest BCUT2D eigenvalue weighted by Crippen LogP contribution is 2.26. The Morgan fingerprint density at radius 2 is 2.05 bits per heavy atom. The number of hydrogen-bond acceptors (Lipinski definition) is 3. The van der Waals surface area contributed by atoms with E-state index in [9.17, 15) is 4.79 Å². The molecule has 3 N–H and O–H groups in total. The number of amides is 1. The molecule has 1 rings (SSSR count). The van der Waals surface area contributed by atoms with E-state index in [1.54, 1.807) is 6.92 Å². The van der Waals surface area contributed by atoms with Crippen LogP contribution in [0.1, 0.15) is 45.2 Å². The molecule has 0 spiro atoms. The Morgan fingerprint density at radius 3 is 2.68 bits per heavy atom. The number of ether oxygens (including phenoxy) is 1. The monoisotopic (exact) mass is 264 g/mol. The third-order valence-electron chi connectivity index (χ3n) is 2.98. The Labute approximate surface area is 115 Å². The molecular weight excluding hydrogens is 240 g/mol. The minimum absolute atomic E-state index is 0.0675. The molecule has 0 aliphatic heterocycles. The van der Waals surface area contributed by atoms with E-state index in [1.807, 2.05) is 38.1 Å². The van der Waals surface area contributed by atoms with Crippen LogP contribution < -0.4 is 15.8 Å². The van der Waals surface area contributed by atoms with Gasteiger partial charge in [0.25, 0.3) is 5.91 Å². The van der Waals surface area contributed by atoms with Gasteiger partial charge in [0, 0.05) is 18.2 Å². The molecule has 1 unspecified atom stereocenters. The molecule has 0 fully saturated rings. The smallest absolute Gasteiger partial charge is 0.260 e. The topological polar surface area (TPSA) is 64.3 Å². The van der Waals surface area contributed by atoms with Crippen molar-refractivity contribution < 1.29 is 9.53 Å². The zero-order chi connectivity index (χ0) is 14.3. The summed E-state index contributed by atoms with van der Waals surface area (Å²) in [4.78, 5) is 11.8. The van der Waals surface area contributed by atoms with Crippen molar-refractivity contribution >= 4 is 5.91 Å². The van der Waals surface area contributed by atoms with E-state index in [4.69, 9.17) is 10.5 Å². The number of para-hydroxylation sites is 1. The second-order valence-corrected chi connectivity index (χ2v) is 4.60. The van der Waals surface area contributed by atoms with Crippen LogP contribution in [0.2, 0.25) is 0 Å². The predicted octanol–water partition coefficient (Wildman–Crippen LogP) is 2.39. The molecule has 0 heterocycles. The average Bonchev–Trinajstić information content (AvgIpc) is 2.44. The highest BCUT2D eigenvalue weighted by atomic mass is 16.5. The fourth-order valence-corrected chi connectivity index (χ4v) is 1.75. The quantitative estimate of drug-likeness (QED) is 0.794. The van der Waals surface area contributed by atoms with Gasteiger partial charge in [-0.25, -0.2) is 0 Å². The standard InChI is InChI=1S/C15H24N2O2/c1-4-10-17-15(18)11(3)19-14-9-7-6-8-12(14)13(16)5-2/h6-9,11,13H,4-5,10,16H2,1-3H3,(H,17,18)/t11?,13-/m0/s1. The number of nitrogens with one attached hydrogen (secondary N) is 1. The first kappa shape index (κ1) is 15.5. The molecule has 1 amide bonds. The Morgan fingerprint density at radius 1 is 1.37 bits per heavy atom. The lowest BCUT2D eigenvalue weighted by molar-refractivity contribution is -0.127. The molecule has 2 atom stereocenters. The zero-order valence-corrected chi connectivity index (χ0v) is 12.0. The first-order valence-electron chi connectivity index (χ1n) is 6.89. The molecule has 1 aromatic carbocycles. The van der Waals surface area contributed by atoms with Crippen molar-refractivity contribution in [3.63, 3.8) is 0 Å². The first-order chi connectivity index (χ1) is 9.10. The van der Waals surface area contributed by atoms with Gasteiger partial charge in [0.1, 0.15) is 5.75 Å². The Balaban J connectivity index is 2.73. The van der Waals surface area contributed by atoms with Gasteiger partial charge in [0.15, 0.2) is 6.10 Å². The lowest BCUT2D eigenvalue weighted by Crippen LogP contribution is -2.36. The summed E-state index contributed by atoms with van der Waals surface area (Å²) < 4.78 is 5.74. The maximum absolute atomic E-state index is 11.8. The SMILES string of the molecule is CCCNC(=O)C(C)Oc1ccccc1[C@@H](N)CC. The van der Waals surface area contributed by atoms with Crippen molar-refractivity contribution in [1.82, 2.24) is 5.32 Å². The molecule has 0 aliphatic rings. The van der Waals surface area contributed by atoms with Crippen LogP contribution in [0, 0.1) is 0 Å². The van der Waals surface area contributed by atoms with Gasteiger partial charge in [-0.05, 0) is 25.8 Å². The summed E-state index contributed by atoms with van der Waals surface area (Å²) in [6.45, 7) is 6.46. The number of nitrogens with two attached hydrogens (primary N) is 1. The van der Waals surface area contributed by atoms with E-state index in [0.29, 0.717) is 12.3 Å². The average molecular weight is 264 g/mol. The molecule has 1 aromatic rings. The second-order valence-electron chi connectivity index (χ2n) is 4.60.